The number of carbonyl (C=O) groups excluding carboxylic acids is 1. The van der Waals surface area contributed by atoms with Crippen LogP contribution in [0.5, 0.6) is 0 Å². The average Bonchev–Trinajstić information content (AvgIpc) is 2.66. The van der Waals surface area contributed by atoms with Crippen LogP contribution in [0.4, 0.5) is 0 Å². The van der Waals surface area contributed by atoms with Crippen LogP contribution >= 0.6 is 0 Å². The van der Waals surface area contributed by atoms with E-state index in [2.05, 4.69) is 15.0 Å². The van der Waals surface area contributed by atoms with Gasteiger partial charge in [-0.05, 0) is 44.0 Å². The molecule has 1 amide bonds. The zero-order valence-corrected chi connectivity index (χ0v) is 14.6. The molecule has 3 aromatic rings. The highest BCUT2D eigenvalue weighted by Crippen LogP contribution is 2.27. The molecule has 0 aliphatic carbocycles. The van der Waals surface area contributed by atoms with Gasteiger partial charge in [-0.1, -0.05) is 6.07 Å². The number of amides is 1. The average molecular weight is 348 g/mol. The molecule has 1 N–H and O–H groups in total. The lowest BCUT2D eigenvalue weighted by atomic mass is 9.93. The van der Waals surface area contributed by atoms with E-state index in [0.717, 1.165) is 29.4 Å². The number of aromatic nitrogens is 3. The minimum atomic E-state index is -0.115. The molecule has 4 rings (SSSR count). The van der Waals surface area contributed by atoms with Gasteiger partial charge >= 0.3 is 0 Å². The second kappa shape index (κ2) is 6.71. The monoisotopic (exact) mass is 348 g/mol. The molecule has 1 aliphatic rings. The molecule has 1 aromatic carbocycles. The largest absolute Gasteiger partial charge is 0.339 e. The van der Waals surface area contributed by atoms with E-state index < -0.39 is 0 Å². The van der Waals surface area contributed by atoms with Gasteiger partial charge in [-0.3, -0.25) is 14.6 Å². The van der Waals surface area contributed by atoms with Crippen molar-refractivity contribution >= 4 is 16.8 Å². The molecule has 132 valence electrons. The molecule has 6 nitrogen and oxygen atoms in total. The molecular weight excluding hydrogens is 328 g/mol. The number of H-pyrrole nitrogens is 1. The summed E-state index contributed by atoms with van der Waals surface area (Å²) < 4.78 is 0. The Morgan fingerprint density at radius 1 is 1.19 bits per heavy atom. The van der Waals surface area contributed by atoms with Gasteiger partial charge in [-0.15, -0.1) is 0 Å². The maximum absolute atomic E-state index is 12.8. The van der Waals surface area contributed by atoms with E-state index in [1.807, 2.05) is 35.2 Å². The second-order valence-corrected chi connectivity index (χ2v) is 6.73. The molecule has 1 saturated heterocycles. The SMILES string of the molecule is Cc1nc(C2CCN(C(=O)c3ccc4ncccc4c3)CC2)cc(=O)[nH]1. The zero-order chi connectivity index (χ0) is 18.1. The lowest BCUT2D eigenvalue weighted by Crippen LogP contribution is -2.38. The predicted molar refractivity (Wildman–Crippen MR) is 99.2 cm³/mol. The second-order valence-electron chi connectivity index (χ2n) is 6.73. The number of likely N-dealkylation sites (tertiary alicyclic amines) is 1. The predicted octanol–water partition coefficient (Wildman–Crippen LogP) is 2.65. The quantitative estimate of drug-likeness (QED) is 0.772. The molecule has 0 bridgehead atoms. The van der Waals surface area contributed by atoms with E-state index in [9.17, 15) is 9.59 Å². The van der Waals surface area contributed by atoms with Crippen molar-refractivity contribution < 1.29 is 4.79 Å². The van der Waals surface area contributed by atoms with Crippen molar-refractivity contribution in [3.63, 3.8) is 0 Å². The van der Waals surface area contributed by atoms with E-state index in [0.29, 0.717) is 24.5 Å². The Morgan fingerprint density at radius 3 is 2.77 bits per heavy atom. The van der Waals surface area contributed by atoms with Gasteiger partial charge in [0.05, 0.1) is 11.2 Å². The minimum absolute atomic E-state index is 0.0456. The fourth-order valence-electron chi connectivity index (χ4n) is 3.58. The summed E-state index contributed by atoms with van der Waals surface area (Å²) in [5.74, 6) is 0.904. The van der Waals surface area contributed by atoms with Gasteiger partial charge in [0, 0.05) is 42.2 Å². The van der Waals surface area contributed by atoms with Crippen molar-refractivity contribution in [3.8, 4) is 0 Å². The normalized spacial score (nSPS) is 15.3. The third kappa shape index (κ3) is 3.22. The van der Waals surface area contributed by atoms with E-state index in [1.54, 1.807) is 19.2 Å². The maximum Gasteiger partial charge on any atom is 0.253 e. The smallest absolute Gasteiger partial charge is 0.253 e. The molecule has 0 spiro atoms. The first-order valence-electron chi connectivity index (χ1n) is 8.82. The number of aryl methyl sites for hydroxylation is 1. The number of fused-ring (bicyclic) bond motifs is 1. The fourth-order valence-corrected chi connectivity index (χ4v) is 3.58. The molecule has 6 heteroatoms. The van der Waals surface area contributed by atoms with E-state index >= 15 is 0 Å². The Balaban J connectivity index is 1.48. The number of benzene rings is 1. The molecule has 3 heterocycles. The highest BCUT2D eigenvalue weighted by atomic mass is 16.2. The minimum Gasteiger partial charge on any atom is -0.339 e. The number of carbonyl (C=O) groups is 1. The number of hydrogen-bond donors (Lipinski definition) is 1. The fraction of sp³-hybridized carbons (Fsp3) is 0.300. The standard InChI is InChI=1S/C20H20N4O2/c1-13-22-18(12-19(25)23-13)14-6-9-24(10-7-14)20(26)16-4-5-17-15(11-16)3-2-8-21-17/h2-5,8,11-12,14H,6-7,9-10H2,1H3,(H,22,23,25). The molecule has 2 aromatic heterocycles. The van der Waals surface area contributed by atoms with Crippen molar-refractivity contribution in [1.29, 1.82) is 0 Å². The summed E-state index contributed by atoms with van der Waals surface area (Å²) in [6.45, 7) is 3.13. The molecule has 0 unspecified atom stereocenters. The van der Waals surface area contributed by atoms with Crippen LogP contribution < -0.4 is 5.56 Å². The van der Waals surface area contributed by atoms with Crippen molar-refractivity contribution in [1.82, 2.24) is 19.9 Å². The van der Waals surface area contributed by atoms with Gasteiger partial charge in [-0.2, -0.15) is 0 Å². The number of rotatable bonds is 2. The van der Waals surface area contributed by atoms with Gasteiger partial charge in [0.1, 0.15) is 5.82 Å². The van der Waals surface area contributed by atoms with Crippen LogP contribution in [0.15, 0.2) is 47.4 Å². The molecule has 0 atom stereocenters. The number of aromatic amines is 1. The van der Waals surface area contributed by atoms with Crippen molar-refractivity contribution in [2.75, 3.05) is 13.1 Å². The van der Waals surface area contributed by atoms with Crippen LogP contribution in [0.3, 0.4) is 0 Å². The van der Waals surface area contributed by atoms with Crippen molar-refractivity contribution in [2.24, 2.45) is 0 Å². The molecule has 0 radical (unpaired) electrons. The summed E-state index contributed by atoms with van der Waals surface area (Å²) in [4.78, 5) is 37.8. The third-order valence-electron chi connectivity index (χ3n) is 4.93. The van der Waals surface area contributed by atoms with Crippen LogP contribution in [0, 0.1) is 6.92 Å². The summed E-state index contributed by atoms with van der Waals surface area (Å²) in [7, 11) is 0. The first kappa shape index (κ1) is 16.4. The molecule has 1 fully saturated rings. The molecule has 26 heavy (non-hydrogen) atoms. The van der Waals surface area contributed by atoms with Crippen LogP contribution in [0.25, 0.3) is 10.9 Å². The van der Waals surface area contributed by atoms with E-state index in [1.165, 1.54) is 0 Å². The Bertz CT molecular complexity index is 1020. The maximum atomic E-state index is 12.8. The Kier molecular flexibility index (Phi) is 4.24. The lowest BCUT2D eigenvalue weighted by molar-refractivity contribution is 0.0712. The summed E-state index contributed by atoms with van der Waals surface area (Å²) in [6.07, 6.45) is 3.38. The lowest BCUT2D eigenvalue weighted by Gasteiger charge is -2.31. The summed E-state index contributed by atoms with van der Waals surface area (Å²) in [5, 5.41) is 0.969. The highest BCUT2D eigenvalue weighted by Gasteiger charge is 2.25. The van der Waals surface area contributed by atoms with E-state index in [-0.39, 0.29) is 17.4 Å². The van der Waals surface area contributed by atoms with Crippen LogP contribution in [0.1, 0.15) is 40.6 Å². The van der Waals surface area contributed by atoms with Gasteiger partial charge in [0.2, 0.25) is 0 Å². The van der Waals surface area contributed by atoms with Crippen LogP contribution in [-0.4, -0.2) is 38.8 Å². The Morgan fingerprint density at radius 2 is 2.00 bits per heavy atom. The number of piperidine rings is 1. The topological polar surface area (TPSA) is 79.0 Å². The highest BCUT2D eigenvalue weighted by molar-refractivity contribution is 5.98. The molecule has 0 saturated carbocycles. The van der Waals surface area contributed by atoms with Gasteiger partial charge in [-0.25, -0.2) is 4.98 Å². The van der Waals surface area contributed by atoms with Crippen molar-refractivity contribution in [3.05, 3.63) is 70.0 Å². The van der Waals surface area contributed by atoms with Gasteiger partial charge < -0.3 is 9.88 Å². The van der Waals surface area contributed by atoms with Crippen LogP contribution in [0.2, 0.25) is 0 Å². The summed E-state index contributed by atoms with van der Waals surface area (Å²) in [5.41, 5.74) is 2.29. The van der Waals surface area contributed by atoms with Crippen LogP contribution in [-0.2, 0) is 0 Å². The summed E-state index contributed by atoms with van der Waals surface area (Å²) in [6, 6.07) is 11.0. The Hall–Kier alpha value is -3.02. The third-order valence-corrected chi connectivity index (χ3v) is 4.93. The number of nitrogens with one attached hydrogen (secondary N) is 1. The number of nitrogens with zero attached hydrogens (tertiary/aromatic N) is 3. The Labute approximate surface area is 150 Å². The number of pyridine rings is 1. The van der Waals surface area contributed by atoms with Gasteiger partial charge in [0.25, 0.3) is 11.5 Å². The van der Waals surface area contributed by atoms with Gasteiger partial charge in [0.15, 0.2) is 0 Å². The van der Waals surface area contributed by atoms with Crippen molar-refractivity contribution in [2.45, 2.75) is 25.7 Å². The zero-order valence-electron chi connectivity index (χ0n) is 14.6. The van der Waals surface area contributed by atoms with E-state index in [4.69, 9.17) is 0 Å². The first-order valence-corrected chi connectivity index (χ1v) is 8.82. The number of hydrogen-bond acceptors (Lipinski definition) is 4. The molecule has 1 aliphatic heterocycles. The summed E-state index contributed by atoms with van der Waals surface area (Å²) >= 11 is 0. The molecular formula is C20H20N4O2. The first-order chi connectivity index (χ1) is 12.6.